The SMILES string of the molecule is O=C(Cl)/C(=C/c1ccccc1)c1ccccc1. The van der Waals surface area contributed by atoms with Crippen molar-refractivity contribution in [1.82, 2.24) is 0 Å². The average molecular weight is 243 g/mol. The normalized spacial score (nSPS) is 11.2. The van der Waals surface area contributed by atoms with E-state index in [2.05, 4.69) is 0 Å². The molecule has 0 aliphatic heterocycles. The predicted octanol–water partition coefficient (Wildman–Crippen LogP) is 3.99. The zero-order valence-corrected chi connectivity index (χ0v) is 9.89. The molecule has 0 saturated heterocycles. The number of rotatable bonds is 3. The zero-order valence-electron chi connectivity index (χ0n) is 9.14. The van der Waals surface area contributed by atoms with Gasteiger partial charge in [-0.3, -0.25) is 4.79 Å². The molecular formula is C15H11ClO. The summed E-state index contributed by atoms with van der Waals surface area (Å²) < 4.78 is 0. The fourth-order valence-corrected chi connectivity index (χ4v) is 1.75. The van der Waals surface area contributed by atoms with E-state index in [1.165, 1.54) is 0 Å². The van der Waals surface area contributed by atoms with Gasteiger partial charge in [0.25, 0.3) is 5.24 Å². The molecule has 0 radical (unpaired) electrons. The van der Waals surface area contributed by atoms with Gasteiger partial charge in [0.2, 0.25) is 0 Å². The molecule has 2 aromatic carbocycles. The molecule has 84 valence electrons. The van der Waals surface area contributed by atoms with Crippen LogP contribution in [-0.2, 0) is 4.79 Å². The van der Waals surface area contributed by atoms with E-state index in [-0.39, 0.29) is 0 Å². The first kappa shape index (κ1) is 11.6. The number of hydrogen-bond acceptors (Lipinski definition) is 1. The molecule has 0 heterocycles. The molecule has 0 amide bonds. The Hall–Kier alpha value is -1.86. The van der Waals surface area contributed by atoms with E-state index in [1.54, 1.807) is 6.08 Å². The van der Waals surface area contributed by atoms with Gasteiger partial charge in [0, 0.05) is 5.57 Å². The van der Waals surface area contributed by atoms with Crippen molar-refractivity contribution in [3.63, 3.8) is 0 Å². The van der Waals surface area contributed by atoms with Crippen molar-refractivity contribution in [3.8, 4) is 0 Å². The quantitative estimate of drug-likeness (QED) is 0.452. The lowest BCUT2D eigenvalue weighted by Crippen LogP contribution is -1.92. The van der Waals surface area contributed by atoms with Gasteiger partial charge in [-0.1, -0.05) is 60.7 Å². The van der Waals surface area contributed by atoms with Gasteiger partial charge in [-0.05, 0) is 28.8 Å². The summed E-state index contributed by atoms with van der Waals surface area (Å²) in [7, 11) is 0. The molecule has 0 aromatic heterocycles. The van der Waals surface area contributed by atoms with Gasteiger partial charge in [-0.25, -0.2) is 0 Å². The van der Waals surface area contributed by atoms with Gasteiger partial charge in [-0.15, -0.1) is 0 Å². The molecule has 2 aromatic rings. The second-order valence-corrected chi connectivity index (χ2v) is 3.95. The highest BCUT2D eigenvalue weighted by molar-refractivity contribution is 6.75. The minimum Gasteiger partial charge on any atom is -0.276 e. The third-order valence-electron chi connectivity index (χ3n) is 2.41. The number of benzene rings is 2. The third-order valence-corrected chi connectivity index (χ3v) is 2.61. The molecule has 17 heavy (non-hydrogen) atoms. The van der Waals surface area contributed by atoms with Crippen molar-refractivity contribution >= 4 is 28.5 Å². The largest absolute Gasteiger partial charge is 0.276 e. The van der Waals surface area contributed by atoms with Crippen LogP contribution in [-0.4, -0.2) is 5.24 Å². The fourth-order valence-electron chi connectivity index (χ4n) is 1.59. The molecule has 0 N–H and O–H groups in total. The second-order valence-electron chi connectivity index (χ2n) is 3.61. The van der Waals surface area contributed by atoms with Gasteiger partial charge < -0.3 is 0 Å². The molecule has 0 spiro atoms. The highest BCUT2D eigenvalue weighted by Crippen LogP contribution is 2.20. The molecule has 0 aliphatic carbocycles. The standard InChI is InChI=1S/C15H11ClO/c16-15(17)14(13-9-5-2-6-10-13)11-12-7-3-1-4-8-12/h1-11H/b14-11+. The van der Waals surface area contributed by atoms with Crippen molar-refractivity contribution in [2.45, 2.75) is 0 Å². The van der Waals surface area contributed by atoms with E-state index in [9.17, 15) is 4.79 Å². The van der Waals surface area contributed by atoms with Crippen LogP contribution in [0.2, 0.25) is 0 Å². The van der Waals surface area contributed by atoms with Crippen LogP contribution in [0.3, 0.4) is 0 Å². The van der Waals surface area contributed by atoms with Gasteiger partial charge in [0.1, 0.15) is 0 Å². The third kappa shape index (κ3) is 3.05. The van der Waals surface area contributed by atoms with Crippen LogP contribution >= 0.6 is 11.6 Å². The number of carbonyl (C=O) groups excluding carboxylic acids is 1. The van der Waals surface area contributed by atoms with Gasteiger partial charge in [0.15, 0.2) is 0 Å². The molecule has 2 rings (SSSR count). The maximum absolute atomic E-state index is 11.4. The maximum atomic E-state index is 11.4. The van der Waals surface area contributed by atoms with Crippen LogP contribution in [0, 0.1) is 0 Å². The Morgan fingerprint density at radius 2 is 1.41 bits per heavy atom. The number of allylic oxidation sites excluding steroid dienone is 1. The van der Waals surface area contributed by atoms with Crippen molar-refractivity contribution in [2.75, 3.05) is 0 Å². The lowest BCUT2D eigenvalue weighted by molar-refractivity contribution is -0.106. The molecule has 0 atom stereocenters. The Bertz CT molecular complexity index is 529. The Morgan fingerprint density at radius 3 is 1.94 bits per heavy atom. The number of halogens is 1. The van der Waals surface area contributed by atoms with Gasteiger partial charge >= 0.3 is 0 Å². The monoisotopic (exact) mass is 242 g/mol. The Morgan fingerprint density at radius 1 is 0.882 bits per heavy atom. The topological polar surface area (TPSA) is 17.1 Å². The Balaban J connectivity index is 2.44. The molecule has 2 heteroatoms. The summed E-state index contributed by atoms with van der Waals surface area (Å²) in [5.41, 5.74) is 2.30. The van der Waals surface area contributed by atoms with Crippen molar-refractivity contribution in [2.24, 2.45) is 0 Å². The number of hydrogen-bond donors (Lipinski definition) is 0. The van der Waals surface area contributed by atoms with Crippen molar-refractivity contribution < 1.29 is 4.79 Å². The van der Waals surface area contributed by atoms with E-state index >= 15 is 0 Å². The van der Waals surface area contributed by atoms with E-state index in [0.29, 0.717) is 5.57 Å². The van der Waals surface area contributed by atoms with Crippen LogP contribution in [0.25, 0.3) is 11.6 Å². The lowest BCUT2D eigenvalue weighted by Gasteiger charge is -2.02. The fraction of sp³-hybridized carbons (Fsp3) is 0. The lowest BCUT2D eigenvalue weighted by atomic mass is 10.0. The summed E-state index contributed by atoms with van der Waals surface area (Å²) >= 11 is 5.62. The van der Waals surface area contributed by atoms with Crippen LogP contribution in [0.4, 0.5) is 0 Å². The molecule has 0 unspecified atom stereocenters. The smallest absolute Gasteiger partial charge is 0.253 e. The second kappa shape index (κ2) is 5.46. The molecular weight excluding hydrogens is 232 g/mol. The Kier molecular flexibility index (Phi) is 3.73. The van der Waals surface area contributed by atoms with Gasteiger partial charge in [-0.2, -0.15) is 0 Å². The molecule has 0 aliphatic rings. The van der Waals surface area contributed by atoms with E-state index < -0.39 is 5.24 Å². The van der Waals surface area contributed by atoms with Gasteiger partial charge in [0.05, 0.1) is 0 Å². The van der Waals surface area contributed by atoms with E-state index in [1.807, 2.05) is 60.7 Å². The van der Waals surface area contributed by atoms with Crippen molar-refractivity contribution in [3.05, 3.63) is 71.8 Å². The van der Waals surface area contributed by atoms with Crippen molar-refractivity contribution in [1.29, 1.82) is 0 Å². The molecule has 0 bridgehead atoms. The summed E-state index contributed by atoms with van der Waals surface area (Å²) in [6.07, 6.45) is 1.80. The minimum atomic E-state index is -0.444. The highest BCUT2D eigenvalue weighted by Gasteiger charge is 2.08. The highest BCUT2D eigenvalue weighted by atomic mass is 35.5. The first-order valence-electron chi connectivity index (χ1n) is 5.29. The van der Waals surface area contributed by atoms with E-state index in [4.69, 9.17) is 11.6 Å². The van der Waals surface area contributed by atoms with Crippen LogP contribution in [0.15, 0.2) is 60.7 Å². The first-order chi connectivity index (χ1) is 8.27. The average Bonchev–Trinajstić information content (AvgIpc) is 2.38. The molecule has 1 nitrogen and oxygen atoms in total. The summed E-state index contributed by atoms with van der Waals surface area (Å²) in [4.78, 5) is 11.4. The minimum absolute atomic E-state index is 0.444. The van der Waals surface area contributed by atoms with Crippen LogP contribution in [0.1, 0.15) is 11.1 Å². The summed E-state index contributed by atoms with van der Waals surface area (Å²) in [5.74, 6) is 0. The molecule has 0 saturated carbocycles. The predicted molar refractivity (Wildman–Crippen MR) is 71.6 cm³/mol. The summed E-state index contributed by atoms with van der Waals surface area (Å²) in [6.45, 7) is 0. The summed E-state index contributed by atoms with van der Waals surface area (Å²) in [6, 6.07) is 19.1. The summed E-state index contributed by atoms with van der Waals surface area (Å²) in [5, 5.41) is -0.444. The van der Waals surface area contributed by atoms with E-state index in [0.717, 1.165) is 11.1 Å². The van der Waals surface area contributed by atoms with Crippen LogP contribution in [0.5, 0.6) is 0 Å². The Labute approximate surface area is 105 Å². The zero-order chi connectivity index (χ0) is 12.1. The maximum Gasteiger partial charge on any atom is 0.253 e. The first-order valence-corrected chi connectivity index (χ1v) is 5.67. The van der Waals surface area contributed by atoms with Crippen LogP contribution < -0.4 is 0 Å². The molecule has 0 fully saturated rings. The number of carbonyl (C=O) groups is 1.